The van der Waals surface area contributed by atoms with Crippen LogP contribution in [0.25, 0.3) is 0 Å². The molecule has 0 spiro atoms. The van der Waals surface area contributed by atoms with Gasteiger partial charge in [-0.2, -0.15) is 0 Å². The minimum Gasteiger partial charge on any atom is -0.396 e. The van der Waals surface area contributed by atoms with Crippen LogP contribution in [0.2, 0.25) is 0 Å². The van der Waals surface area contributed by atoms with E-state index in [-0.39, 0.29) is 18.6 Å². The standard InChI is InChI=1S/C11H22N2O2/c1-9(2)12-10-5-3-6-13(11(10)15)7-4-8-14/h9-10,12,14H,3-8H2,1-2H3. The summed E-state index contributed by atoms with van der Waals surface area (Å²) >= 11 is 0. The highest BCUT2D eigenvalue weighted by Crippen LogP contribution is 2.12. The Kier molecular flexibility index (Phi) is 5.05. The first-order valence-corrected chi connectivity index (χ1v) is 5.81. The predicted octanol–water partition coefficient (Wildman–Crippen LogP) is 0.358. The molecule has 1 aliphatic rings. The maximum Gasteiger partial charge on any atom is 0.239 e. The Balaban J connectivity index is 2.43. The lowest BCUT2D eigenvalue weighted by molar-refractivity contribution is -0.136. The topological polar surface area (TPSA) is 52.6 Å². The fraction of sp³-hybridized carbons (Fsp3) is 0.909. The molecule has 4 nitrogen and oxygen atoms in total. The van der Waals surface area contributed by atoms with Crippen molar-refractivity contribution in [3.8, 4) is 0 Å². The molecule has 0 saturated carbocycles. The van der Waals surface area contributed by atoms with Gasteiger partial charge in [-0.05, 0) is 19.3 Å². The van der Waals surface area contributed by atoms with Crippen LogP contribution in [0.4, 0.5) is 0 Å². The molecule has 0 aliphatic carbocycles. The van der Waals surface area contributed by atoms with Crippen LogP contribution in [0.5, 0.6) is 0 Å². The quantitative estimate of drug-likeness (QED) is 0.694. The molecule has 0 radical (unpaired) electrons. The second-order valence-electron chi connectivity index (χ2n) is 4.42. The van der Waals surface area contributed by atoms with Crippen molar-refractivity contribution in [3.63, 3.8) is 0 Å². The maximum absolute atomic E-state index is 11.9. The van der Waals surface area contributed by atoms with Gasteiger partial charge < -0.3 is 15.3 Å². The Morgan fingerprint density at radius 3 is 2.93 bits per heavy atom. The first kappa shape index (κ1) is 12.5. The zero-order valence-corrected chi connectivity index (χ0v) is 9.70. The molecular formula is C11H22N2O2. The van der Waals surface area contributed by atoms with E-state index in [0.29, 0.717) is 19.0 Å². The number of aliphatic hydroxyl groups excluding tert-OH is 1. The summed E-state index contributed by atoms with van der Waals surface area (Å²) in [7, 11) is 0. The number of rotatable bonds is 5. The van der Waals surface area contributed by atoms with Crippen LogP contribution < -0.4 is 5.32 Å². The van der Waals surface area contributed by atoms with Gasteiger partial charge in [0.25, 0.3) is 0 Å². The number of likely N-dealkylation sites (tertiary alicyclic amines) is 1. The molecule has 1 aliphatic heterocycles. The average Bonchev–Trinajstić information content (AvgIpc) is 2.19. The summed E-state index contributed by atoms with van der Waals surface area (Å²) in [6.07, 6.45) is 2.67. The first-order valence-electron chi connectivity index (χ1n) is 5.81. The lowest BCUT2D eigenvalue weighted by Gasteiger charge is -2.33. The summed E-state index contributed by atoms with van der Waals surface area (Å²) in [4.78, 5) is 13.8. The molecule has 15 heavy (non-hydrogen) atoms. The number of amides is 1. The molecule has 0 aromatic rings. The third kappa shape index (κ3) is 3.80. The molecule has 1 heterocycles. The van der Waals surface area contributed by atoms with E-state index < -0.39 is 0 Å². The average molecular weight is 214 g/mol. The largest absolute Gasteiger partial charge is 0.396 e. The summed E-state index contributed by atoms with van der Waals surface area (Å²) in [5.41, 5.74) is 0. The summed E-state index contributed by atoms with van der Waals surface area (Å²) in [5, 5.41) is 12.0. The molecule has 0 bridgehead atoms. The highest BCUT2D eigenvalue weighted by Gasteiger charge is 2.28. The van der Waals surface area contributed by atoms with E-state index in [2.05, 4.69) is 19.2 Å². The minimum absolute atomic E-state index is 0.0163. The third-order valence-corrected chi connectivity index (χ3v) is 2.65. The Bertz CT molecular complexity index is 207. The summed E-state index contributed by atoms with van der Waals surface area (Å²) in [6.45, 7) is 5.80. The summed E-state index contributed by atoms with van der Waals surface area (Å²) in [5.74, 6) is 0.198. The van der Waals surface area contributed by atoms with Gasteiger partial charge in [0.2, 0.25) is 5.91 Å². The normalized spacial score (nSPS) is 22.5. The van der Waals surface area contributed by atoms with E-state index >= 15 is 0 Å². The molecule has 2 N–H and O–H groups in total. The molecular weight excluding hydrogens is 192 g/mol. The van der Waals surface area contributed by atoms with Crippen molar-refractivity contribution in [1.29, 1.82) is 0 Å². The number of carbonyl (C=O) groups excluding carboxylic acids is 1. The highest BCUT2D eigenvalue weighted by atomic mass is 16.3. The first-order chi connectivity index (χ1) is 7.15. The van der Waals surface area contributed by atoms with Gasteiger partial charge in [-0.25, -0.2) is 0 Å². The Hall–Kier alpha value is -0.610. The van der Waals surface area contributed by atoms with Crippen LogP contribution in [-0.2, 0) is 4.79 Å². The smallest absolute Gasteiger partial charge is 0.239 e. The highest BCUT2D eigenvalue weighted by molar-refractivity contribution is 5.82. The molecule has 0 aromatic heterocycles. The van der Waals surface area contributed by atoms with Crippen molar-refractivity contribution in [2.75, 3.05) is 19.7 Å². The van der Waals surface area contributed by atoms with Gasteiger partial charge >= 0.3 is 0 Å². The number of nitrogens with zero attached hydrogens (tertiary/aromatic N) is 1. The molecule has 1 atom stereocenters. The predicted molar refractivity (Wildman–Crippen MR) is 59.6 cm³/mol. The van der Waals surface area contributed by atoms with Crippen molar-refractivity contribution in [1.82, 2.24) is 10.2 Å². The van der Waals surface area contributed by atoms with Crippen LogP contribution in [0.1, 0.15) is 33.1 Å². The van der Waals surface area contributed by atoms with E-state index in [1.165, 1.54) is 0 Å². The van der Waals surface area contributed by atoms with Crippen molar-refractivity contribution in [3.05, 3.63) is 0 Å². The van der Waals surface area contributed by atoms with Gasteiger partial charge in [0.05, 0.1) is 6.04 Å². The maximum atomic E-state index is 11.9. The van der Waals surface area contributed by atoms with Crippen LogP contribution in [-0.4, -0.2) is 47.7 Å². The molecule has 1 amide bonds. The molecule has 88 valence electrons. The fourth-order valence-corrected chi connectivity index (χ4v) is 1.98. The molecule has 0 aromatic carbocycles. The molecule has 1 fully saturated rings. The van der Waals surface area contributed by atoms with Crippen LogP contribution in [0.15, 0.2) is 0 Å². The van der Waals surface area contributed by atoms with Crippen molar-refractivity contribution in [2.45, 2.75) is 45.2 Å². The van der Waals surface area contributed by atoms with Gasteiger partial charge in [-0.1, -0.05) is 13.8 Å². The van der Waals surface area contributed by atoms with Gasteiger partial charge in [0.15, 0.2) is 0 Å². The van der Waals surface area contributed by atoms with Crippen LogP contribution in [0.3, 0.4) is 0 Å². The lowest BCUT2D eigenvalue weighted by atomic mass is 10.0. The van der Waals surface area contributed by atoms with Crippen molar-refractivity contribution in [2.24, 2.45) is 0 Å². The number of aliphatic hydroxyl groups is 1. The molecule has 1 unspecified atom stereocenters. The Morgan fingerprint density at radius 1 is 1.60 bits per heavy atom. The number of piperidine rings is 1. The van der Waals surface area contributed by atoms with E-state index in [1.807, 2.05) is 4.90 Å². The fourth-order valence-electron chi connectivity index (χ4n) is 1.98. The van der Waals surface area contributed by atoms with Gasteiger partial charge in [0.1, 0.15) is 0 Å². The van der Waals surface area contributed by atoms with Gasteiger partial charge in [0, 0.05) is 25.7 Å². The molecule has 4 heteroatoms. The summed E-state index contributed by atoms with van der Waals surface area (Å²) < 4.78 is 0. The Morgan fingerprint density at radius 2 is 2.33 bits per heavy atom. The Labute approximate surface area is 91.6 Å². The number of nitrogens with one attached hydrogen (secondary N) is 1. The van der Waals surface area contributed by atoms with Crippen LogP contribution in [0, 0.1) is 0 Å². The second kappa shape index (κ2) is 6.08. The van der Waals surface area contributed by atoms with E-state index in [1.54, 1.807) is 0 Å². The zero-order valence-electron chi connectivity index (χ0n) is 9.70. The number of hydrogen-bond acceptors (Lipinski definition) is 3. The van der Waals surface area contributed by atoms with E-state index in [0.717, 1.165) is 19.4 Å². The van der Waals surface area contributed by atoms with Crippen molar-refractivity contribution < 1.29 is 9.90 Å². The second-order valence-corrected chi connectivity index (χ2v) is 4.42. The van der Waals surface area contributed by atoms with Crippen molar-refractivity contribution >= 4 is 5.91 Å². The van der Waals surface area contributed by atoms with E-state index in [9.17, 15) is 4.79 Å². The lowest BCUT2D eigenvalue weighted by Crippen LogP contribution is -2.52. The molecule has 1 rings (SSSR count). The van der Waals surface area contributed by atoms with Gasteiger partial charge in [-0.3, -0.25) is 4.79 Å². The summed E-state index contributed by atoms with van der Waals surface area (Å²) in [6, 6.07) is 0.328. The number of carbonyl (C=O) groups is 1. The van der Waals surface area contributed by atoms with Crippen LogP contribution >= 0.6 is 0 Å². The SMILES string of the molecule is CC(C)NC1CCCN(CCCO)C1=O. The number of hydrogen-bond donors (Lipinski definition) is 2. The monoisotopic (exact) mass is 214 g/mol. The molecule has 1 saturated heterocycles. The minimum atomic E-state index is -0.0163. The zero-order chi connectivity index (χ0) is 11.3. The third-order valence-electron chi connectivity index (χ3n) is 2.65. The van der Waals surface area contributed by atoms with E-state index in [4.69, 9.17) is 5.11 Å². The van der Waals surface area contributed by atoms with Gasteiger partial charge in [-0.15, -0.1) is 0 Å².